The summed E-state index contributed by atoms with van der Waals surface area (Å²) < 4.78 is 27.1. The second-order valence-corrected chi connectivity index (χ2v) is 6.60. The maximum Gasteiger partial charge on any atom is 0.238 e. The summed E-state index contributed by atoms with van der Waals surface area (Å²) in [7, 11) is 0. The highest BCUT2D eigenvalue weighted by Gasteiger charge is 2.36. The van der Waals surface area contributed by atoms with E-state index in [9.17, 15) is 13.6 Å². The third-order valence-electron chi connectivity index (χ3n) is 3.27. The molecule has 7 heteroatoms. The Hall–Kier alpha value is -1.30. The Morgan fingerprint density at radius 3 is 2.59 bits per heavy atom. The molecule has 1 aliphatic rings. The first-order chi connectivity index (χ1) is 10.5. The van der Waals surface area contributed by atoms with Crippen LogP contribution in [0.2, 0.25) is 10.0 Å². The van der Waals surface area contributed by atoms with Crippen molar-refractivity contribution in [3.8, 4) is 0 Å². The number of anilines is 1. The van der Waals surface area contributed by atoms with E-state index >= 15 is 0 Å². The van der Waals surface area contributed by atoms with Crippen LogP contribution in [0.5, 0.6) is 0 Å². The number of rotatable bonds is 2. The van der Waals surface area contributed by atoms with Crippen LogP contribution in [0, 0.1) is 11.6 Å². The number of halogens is 4. The van der Waals surface area contributed by atoms with Gasteiger partial charge in [0, 0.05) is 21.7 Å². The molecule has 0 aromatic heterocycles. The zero-order valence-electron chi connectivity index (χ0n) is 11.0. The largest absolute Gasteiger partial charge is 0.292 e. The number of amides is 1. The standard InChI is InChI=1S/C15H9Cl2F2NOS/c16-8-1-3-10(11(17)5-8)15-20(14(21)7-22-15)13-4-2-9(18)6-12(13)19/h1-6,15H,7H2/t15-/m1/s1. The Morgan fingerprint density at radius 2 is 1.91 bits per heavy atom. The number of thioether (sulfide) groups is 1. The van der Waals surface area contributed by atoms with Crippen molar-refractivity contribution in [3.05, 3.63) is 63.6 Å². The lowest BCUT2D eigenvalue weighted by Gasteiger charge is -2.25. The number of nitrogens with zero attached hydrogens (tertiary/aromatic N) is 1. The molecule has 1 fully saturated rings. The van der Waals surface area contributed by atoms with Crippen LogP contribution in [0.25, 0.3) is 0 Å². The third kappa shape index (κ3) is 2.81. The summed E-state index contributed by atoms with van der Waals surface area (Å²) >= 11 is 13.4. The van der Waals surface area contributed by atoms with Crippen LogP contribution >= 0.6 is 35.0 Å². The molecule has 1 heterocycles. The van der Waals surface area contributed by atoms with Crippen molar-refractivity contribution < 1.29 is 13.6 Å². The van der Waals surface area contributed by atoms with Crippen molar-refractivity contribution in [2.45, 2.75) is 5.37 Å². The molecule has 0 N–H and O–H groups in total. The van der Waals surface area contributed by atoms with Crippen LogP contribution < -0.4 is 4.90 Å². The molecule has 2 aromatic rings. The lowest BCUT2D eigenvalue weighted by Crippen LogP contribution is -2.28. The molecule has 1 aliphatic heterocycles. The number of carbonyl (C=O) groups is 1. The summed E-state index contributed by atoms with van der Waals surface area (Å²) in [5.74, 6) is -1.54. The third-order valence-corrected chi connectivity index (χ3v) is 5.02. The molecule has 2 aromatic carbocycles. The Kier molecular flexibility index (Phi) is 4.30. The monoisotopic (exact) mass is 359 g/mol. The second kappa shape index (κ2) is 6.07. The topological polar surface area (TPSA) is 20.3 Å². The average Bonchev–Trinajstić information content (AvgIpc) is 2.81. The van der Waals surface area contributed by atoms with Crippen molar-refractivity contribution >= 4 is 46.6 Å². The molecule has 1 saturated heterocycles. The van der Waals surface area contributed by atoms with E-state index in [-0.39, 0.29) is 17.3 Å². The van der Waals surface area contributed by atoms with Gasteiger partial charge in [0.2, 0.25) is 5.91 Å². The summed E-state index contributed by atoms with van der Waals surface area (Å²) in [5, 5.41) is 0.395. The van der Waals surface area contributed by atoms with E-state index in [1.807, 2.05) is 0 Å². The lowest BCUT2D eigenvalue weighted by molar-refractivity contribution is -0.115. The van der Waals surface area contributed by atoms with Crippen molar-refractivity contribution in [2.24, 2.45) is 0 Å². The van der Waals surface area contributed by atoms with Crippen LogP contribution in [0.4, 0.5) is 14.5 Å². The fraction of sp³-hybridized carbons (Fsp3) is 0.133. The van der Waals surface area contributed by atoms with Crippen LogP contribution in [-0.2, 0) is 4.79 Å². The molecule has 0 unspecified atom stereocenters. The van der Waals surface area contributed by atoms with Gasteiger partial charge in [0.15, 0.2) is 0 Å². The predicted molar refractivity (Wildman–Crippen MR) is 85.5 cm³/mol. The van der Waals surface area contributed by atoms with Gasteiger partial charge in [-0.1, -0.05) is 29.3 Å². The number of hydrogen-bond donors (Lipinski definition) is 0. The summed E-state index contributed by atoms with van der Waals surface area (Å²) in [5.41, 5.74) is 0.693. The zero-order valence-corrected chi connectivity index (χ0v) is 13.4. The van der Waals surface area contributed by atoms with Gasteiger partial charge in [-0.05, 0) is 24.3 Å². The van der Waals surface area contributed by atoms with Crippen molar-refractivity contribution in [3.63, 3.8) is 0 Å². The molecule has 3 rings (SSSR count). The molecule has 1 amide bonds. The summed E-state index contributed by atoms with van der Waals surface area (Å²) in [6, 6.07) is 8.06. The first-order valence-electron chi connectivity index (χ1n) is 6.31. The van der Waals surface area contributed by atoms with E-state index in [2.05, 4.69) is 0 Å². The summed E-state index contributed by atoms with van der Waals surface area (Å²) in [6.45, 7) is 0. The van der Waals surface area contributed by atoms with Crippen LogP contribution in [0.15, 0.2) is 36.4 Å². The van der Waals surface area contributed by atoms with Gasteiger partial charge in [-0.2, -0.15) is 0 Å². The maximum absolute atomic E-state index is 14.0. The van der Waals surface area contributed by atoms with Crippen LogP contribution in [0.1, 0.15) is 10.9 Å². The molecule has 0 radical (unpaired) electrons. The van der Waals surface area contributed by atoms with E-state index in [0.29, 0.717) is 15.6 Å². The zero-order chi connectivity index (χ0) is 15.9. The fourth-order valence-electron chi connectivity index (χ4n) is 2.29. The Balaban J connectivity index is 2.06. The number of hydrogen-bond acceptors (Lipinski definition) is 2. The first kappa shape index (κ1) is 15.6. The van der Waals surface area contributed by atoms with Gasteiger partial charge in [0.25, 0.3) is 0 Å². The fourth-order valence-corrected chi connectivity index (χ4v) is 4.07. The van der Waals surface area contributed by atoms with Gasteiger partial charge in [0.1, 0.15) is 17.0 Å². The van der Waals surface area contributed by atoms with Gasteiger partial charge < -0.3 is 0 Å². The molecule has 0 aliphatic carbocycles. The molecule has 114 valence electrons. The molecular formula is C15H9Cl2F2NOS. The SMILES string of the molecule is O=C1CS[C@H](c2ccc(Cl)cc2Cl)N1c1ccc(F)cc1F. The predicted octanol–water partition coefficient (Wildman–Crippen LogP) is 5.05. The first-order valence-corrected chi connectivity index (χ1v) is 8.11. The van der Waals surface area contributed by atoms with Gasteiger partial charge in [-0.3, -0.25) is 9.69 Å². The smallest absolute Gasteiger partial charge is 0.238 e. The summed E-state index contributed by atoms with van der Waals surface area (Å²) in [6.07, 6.45) is 0. The number of carbonyl (C=O) groups excluding carboxylic acids is 1. The van der Waals surface area contributed by atoms with E-state index in [1.165, 1.54) is 22.7 Å². The molecule has 1 atom stereocenters. The molecule has 22 heavy (non-hydrogen) atoms. The second-order valence-electron chi connectivity index (χ2n) is 4.69. The average molecular weight is 360 g/mol. The molecule has 0 saturated carbocycles. The Morgan fingerprint density at radius 1 is 1.14 bits per heavy atom. The normalized spacial score (nSPS) is 18.1. The lowest BCUT2D eigenvalue weighted by atomic mass is 10.1. The minimum Gasteiger partial charge on any atom is -0.292 e. The minimum absolute atomic E-state index is 0.0346. The Bertz CT molecular complexity index is 756. The molecule has 0 bridgehead atoms. The van der Waals surface area contributed by atoms with Crippen LogP contribution in [0.3, 0.4) is 0 Å². The Labute approximate surface area is 140 Å². The van der Waals surface area contributed by atoms with Crippen LogP contribution in [-0.4, -0.2) is 11.7 Å². The highest BCUT2D eigenvalue weighted by molar-refractivity contribution is 8.00. The maximum atomic E-state index is 14.0. The molecule has 0 spiro atoms. The van der Waals surface area contributed by atoms with Gasteiger partial charge in [-0.25, -0.2) is 8.78 Å². The van der Waals surface area contributed by atoms with Crippen molar-refractivity contribution in [2.75, 3.05) is 10.7 Å². The summed E-state index contributed by atoms with van der Waals surface area (Å²) in [4.78, 5) is 13.4. The van der Waals surface area contributed by atoms with E-state index < -0.39 is 17.0 Å². The van der Waals surface area contributed by atoms with E-state index in [4.69, 9.17) is 23.2 Å². The molecular weight excluding hydrogens is 351 g/mol. The molecule has 2 nitrogen and oxygen atoms in total. The van der Waals surface area contributed by atoms with Crippen molar-refractivity contribution in [1.82, 2.24) is 0 Å². The van der Waals surface area contributed by atoms with E-state index in [0.717, 1.165) is 12.1 Å². The minimum atomic E-state index is -0.786. The number of benzene rings is 2. The highest BCUT2D eigenvalue weighted by atomic mass is 35.5. The quantitative estimate of drug-likeness (QED) is 0.747. The van der Waals surface area contributed by atoms with E-state index in [1.54, 1.807) is 18.2 Å². The van der Waals surface area contributed by atoms with Gasteiger partial charge in [0.05, 0.1) is 11.4 Å². The van der Waals surface area contributed by atoms with Gasteiger partial charge >= 0.3 is 0 Å². The van der Waals surface area contributed by atoms with Gasteiger partial charge in [-0.15, -0.1) is 11.8 Å². The van der Waals surface area contributed by atoms with Crippen molar-refractivity contribution in [1.29, 1.82) is 0 Å². The highest BCUT2D eigenvalue weighted by Crippen LogP contribution is 2.45.